The van der Waals surface area contributed by atoms with Crippen molar-refractivity contribution in [3.05, 3.63) is 41.7 Å². The fourth-order valence-corrected chi connectivity index (χ4v) is 2.71. The summed E-state index contributed by atoms with van der Waals surface area (Å²) < 4.78 is 64.6. The molecule has 1 aromatic heterocycles. The molecule has 22 heavy (non-hydrogen) atoms. The lowest BCUT2D eigenvalue weighted by Gasteiger charge is -2.40. The van der Waals surface area contributed by atoms with E-state index in [4.69, 9.17) is 0 Å². The van der Waals surface area contributed by atoms with Crippen LogP contribution in [0.3, 0.4) is 0 Å². The second-order valence-electron chi connectivity index (χ2n) is 4.98. The SMILES string of the molecule is CCc1nn(C)cc1CNc1ccc(S(F)(F)(F)(F)F)cc1. The summed E-state index contributed by atoms with van der Waals surface area (Å²) in [5.41, 5.74) is 2.11. The number of aryl methyl sites for hydroxylation is 2. The van der Waals surface area contributed by atoms with Gasteiger partial charge in [-0.3, -0.25) is 4.68 Å². The van der Waals surface area contributed by atoms with Crippen molar-refractivity contribution in [1.82, 2.24) is 9.78 Å². The molecule has 0 saturated heterocycles. The Morgan fingerprint density at radius 1 is 1.09 bits per heavy atom. The predicted octanol–water partition coefficient (Wildman–Crippen LogP) is 5.25. The molecular formula is C13H16F5N3S. The van der Waals surface area contributed by atoms with Gasteiger partial charge < -0.3 is 5.32 Å². The Bertz CT molecular complexity index is 676. The number of rotatable bonds is 5. The topological polar surface area (TPSA) is 29.9 Å². The first-order valence-electron chi connectivity index (χ1n) is 6.48. The highest BCUT2D eigenvalue weighted by molar-refractivity contribution is 8.45. The van der Waals surface area contributed by atoms with Gasteiger partial charge in [-0.15, -0.1) is 0 Å². The van der Waals surface area contributed by atoms with Gasteiger partial charge in [-0.25, -0.2) is 0 Å². The third-order valence-electron chi connectivity index (χ3n) is 3.11. The summed E-state index contributed by atoms with van der Waals surface area (Å²) in [5, 5.41) is 7.14. The van der Waals surface area contributed by atoms with Crippen LogP contribution in [-0.4, -0.2) is 9.78 Å². The van der Waals surface area contributed by atoms with Gasteiger partial charge >= 0.3 is 10.2 Å². The average Bonchev–Trinajstić information content (AvgIpc) is 2.74. The first-order valence-corrected chi connectivity index (χ1v) is 8.43. The van der Waals surface area contributed by atoms with Crippen LogP contribution in [0.1, 0.15) is 18.2 Å². The molecule has 0 atom stereocenters. The average molecular weight is 341 g/mol. The monoisotopic (exact) mass is 341 g/mol. The lowest BCUT2D eigenvalue weighted by Crippen LogP contribution is -2.06. The standard InChI is InChI=1S/C13H16F5N3S/c1-3-13-10(9-21(2)20-13)8-19-11-4-6-12(7-5-11)22(14,15,16,17)18/h4-7,9,19H,3,8H2,1-2H3. The Morgan fingerprint density at radius 2 is 1.68 bits per heavy atom. The van der Waals surface area contributed by atoms with Gasteiger partial charge in [0.1, 0.15) is 4.90 Å². The molecule has 0 unspecified atom stereocenters. The van der Waals surface area contributed by atoms with Crippen molar-refractivity contribution >= 4 is 15.9 Å². The molecule has 0 bridgehead atoms. The van der Waals surface area contributed by atoms with Crippen LogP contribution >= 0.6 is 10.2 Å². The van der Waals surface area contributed by atoms with E-state index in [1.165, 1.54) is 0 Å². The Hall–Kier alpha value is -1.77. The van der Waals surface area contributed by atoms with Crippen molar-refractivity contribution in [3.63, 3.8) is 0 Å². The lowest BCUT2D eigenvalue weighted by atomic mass is 10.2. The lowest BCUT2D eigenvalue weighted by molar-refractivity contribution is 0.364. The molecule has 0 spiro atoms. The van der Waals surface area contributed by atoms with Crippen LogP contribution in [-0.2, 0) is 20.0 Å². The summed E-state index contributed by atoms with van der Waals surface area (Å²) in [7, 11) is -7.83. The molecule has 0 aliphatic carbocycles. The first kappa shape index (κ1) is 16.6. The Kier molecular flexibility index (Phi) is 3.48. The van der Waals surface area contributed by atoms with Crippen LogP contribution in [0.2, 0.25) is 0 Å². The zero-order valence-corrected chi connectivity index (χ0v) is 12.8. The molecule has 3 nitrogen and oxygen atoms in total. The zero-order valence-electron chi connectivity index (χ0n) is 12.0. The highest BCUT2D eigenvalue weighted by Gasteiger charge is 2.65. The summed E-state index contributed by atoms with van der Waals surface area (Å²) in [6.45, 7) is 2.29. The molecule has 124 valence electrons. The predicted molar refractivity (Wildman–Crippen MR) is 77.8 cm³/mol. The second kappa shape index (κ2) is 4.61. The number of hydrogen-bond donors (Lipinski definition) is 1. The minimum absolute atomic E-state index is 0.330. The fraction of sp³-hybridized carbons (Fsp3) is 0.308. The molecule has 2 aromatic rings. The molecule has 0 saturated carbocycles. The Balaban J connectivity index is 2.13. The normalized spacial score (nSPS) is 15.2. The Labute approximate surface area is 124 Å². The summed E-state index contributed by atoms with van der Waals surface area (Å²) in [4.78, 5) is -1.89. The highest BCUT2D eigenvalue weighted by atomic mass is 32.5. The van der Waals surface area contributed by atoms with Crippen molar-refractivity contribution < 1.29 is 19.4 Å². The van der Waals surface area contributed by atoms with Crippen LogP contribution < -0.4 is 5.32 Å². The number of aromatic nitrogens is 2. The number of nitrogens with one attached hydrogen (secondary N) is 1. The third-order valence-corrected chi connectivity index (χ3v) is 4.27. The maximum Gasteiger partial charge on any atom is 0.310 e. The minimum Gasteiger partial charge on any atom is -0.381 e. The number of halogens is 5. The van der Waals surface area contributed by atoms with Gasteiger partial charge in [-0.1, -0.05) is 26.4 Å². The number of benzene rings is 1. The summed E-state index contributed by atoms with van der Waals surface area (Å²) in [6.07, 6.45) is 2.52. The summed E-state index contributed by atoms with van der Waals surface area (Å²) in [6, 6.07) is 2.78. The number of hydrogen-bond acceptors (Lipinski definition) is 2. The third kappa shape index (κ3) is 3.90. The fourth-order valence-electron chi connectivity index (χ4n) is 2.06. The van der Waals surface area contributed by atoms with Gasteiger partial charge in [-0.2, -0.15) is 5.10 Å². The van der Waals surface area contributed by atoms with E-state index in [1.54, 1.807) is 17.9 Å². The molecule has 0 radical (unpaired) electrons. The van der Waals surface area contributed by atoms with E-state index in [0.29, 0.717) is 24.4 Å². The van der Waals surface area contributed by atoms with Crippen molar-refractivity contribution in [1.29, 1.82) is 0 Å². The van der Waals surface area contributed by atoms with Gasteiger partial charge in [0, 0.05) is 31.0 Å². The molecular weight excluding hydrogens is 325 g/mol. The van der Waals surface area contributed by atoms with Gasteiger partial charge in [0.25, 0.3) is 0 Å². The van der Waals surface area contributed by atoms with E-state index in [0.717, 1.165) is 29.8 Å². The van der Waals surface area contributed by atoms with Crippen molar-refractivity contribution in [2.45, 2.75) is 24.8 Å². The van der Waals surface area contributed by atoms with Crippen molar-refractivity contribution in [2.24, 2.45) is 7.05 Å². The molecule has 9 heteroatoms. The molecule has 0 fully saturated rings. The molecule has 0 amide bonds. The van der Waals surface area contributed by atoms with E-state index in [2.05, 4.69) is 10.4 Å². The van der Waals surface area contributed by atoms with Crippen LogP contribution in [0.5, 0.6) is 0 Å². The maximum absolute atomic E-state index is 12.6. The van der Waals surface area contributed by atoms with Crippen LogP contribution in [0, 0.1) is 0 Å². The summed E-state index contributed by atoms with van der Waals surface area (Å²) in [5.74, 6) is 0. The Morgan fingerprint density at radius 3 is 2.18 bits per heavy atom. The van der Waals surface area contributed by atoms with Crippen LogP contribution in [0.25, 0.3) is 0 Å². The van der Waals surface area contributed by atoms with Crippen molar-refractivity contribution in [3.8, 4) is 0 Å². The van der Waals surface area contributed by atoms with Gasteiger partial charge in [0.15, 0.2) is 0 Å². The van der Waals surface area contributed by atoms with Crippen molar-refractivity contribution in [2.75, 3.05) is 5.32 Å². The molecule has 0 aliphatic heterocycles. The minimum atomic E-state index is -9.60. The molecule has 2 rings (SSSR count). The van der Waals surface area contributed by atoms with E-state index in [-0.39, 0.29) is 0 Å². The quantitative estimate of drug-likeness (QED) is 0.753. The number of anilines is 1. The summed E-state index contributed by atoms with van der Waals surface area (Å²) >= 11 is 0. The van der Waals surface area contributed by atoms with Crippen LogP contribution in [0.4, 0.5) is 25.1 Å². The van der Waals surface area contributed by atoms with E-state index in [1.807, 2.05) is 6.92 Å². The van der Waals surface area contributed by atoms with E-state index in [9.17, 15) is 19.4 Å². The smallest absolute Gasteiger partial charge is 0.310 e. The molecule has 1 N–H and O–H groups in total. The van der Waals surface area contributed by atoms with E-state index < -0.39 is 15.1 Å². The van der Waals surface area contributed by atoms with Gasteiger partial charge in [-0.05, 0) is 30.7 Å². The first-order chi connectivity index (χ1) is 9.89. The number of nitrogens with zero attached hydrogens (tertiary/aromatic N) is 2. The maximum atomic E-state index is 12.6. The molecule has 1 aromatic carbocycles. The van der Waals surface area contributed by atoms with E-state index >= 15 is 0 Å². The molecule has 0 aliphatic rings. The van der Waals surface area contributed by atoms with Crippen LogP contribution in [0.15, 0.2) is 35.4 Å². The zero-order chi connectivity index (χ0) is 16.7. The van der Waals surface area contributed by atoms with Gasteiger partial charge in [0.05, 0.1) is 5.69 Å². The second-order valence-corrected chi connectivity index (χ2v) is 7.38. The largest absolute Gasteiger partial charge is 0.381 e. The molecule has 1 heterocycles. The highest BCUT2D eigenvalue weighted by Crippen LogP contribution is 3.02. The van der Waals surface area contributed by atoms with Gasteiger partial charge in [0.2, 0.25) is 0 Å².